The molecule has 0 aromatic heterocycles. The summed E-state index contributed by atoms with van der Waals surface area (Å²) < 4.78 is 347. The molecule has 1 radical (unpaired) electrons. The van der Waals surface area contributed by atoms with E-state index in [1.54, 1.807) is 5.31 Å². The van der Waals surface area contributed by atoms with Crippen molar-refractivity contribution in [1.82, 2.24) is 0 Å². The van der Waals surface area contributed by atoms with Gasteiger partial charge in [0.05, 0.1) is 44.5 Å². The molecule has 99 heavy (non-hydrogen) atoms. The first kappa shape index (κ1) is 77.2. The molecule has 29 heteroatoms. The summed E-state index contributed by atoms with van der Waals surface area (Å²) in [7, 11) is -0.598. The van der Waals surface area contributed by atoms with Gasteiger partial charge in [-0.2, -0.15) is 127 Å². The van der Waals surface area contributed by atoms with Crippen molar-refractivity contribution in [3.05, 3.63) is 261 Å². The number of hydrogen-bond donors (Lipinski definition) is 0. The zero-order valence-corrected chi connectivity index (χ0v) is 54.1. The Morgan fingerprint density at radius 1 is 0.354 bits per heavy atom. The standard InChI is InChI=1S/C32H12BF24.C30H28NOP.C8H12.Ir/c34-25(35,36)13-1-14(26(37,38)39)6-21(5-13)33(22-7-15(27(40,41)42)2-16(8-22)28(43,44)45,23-9-17(29(46,47)48)3-18(10-23)30(49,50)51)24-11-19(31(52,53)54)4-20(12-24)32(55,56)57;1-4-12-23(13-5-1)27-22-32-29(31-27)26-18-10-20-30(26)21-11-19-28(30)33(24-14-6-2-7-15-24)25-16-8-3-9-17-25;1-2-4-6-8-7-5-3-1;/h1-12H;1-9,12-19,27H,10-11,20-22H2;1-2,7-8H,3-6H2;/q-1;;;/b;;2-1-,8-7-;. The predicted octanol–water partition coefficient (Wildman–Crippen LogP) is 20.6. The maximum absolute atomic E-state index is 14.2. The molecule has 0 bridgehead atoms. The zero-order chi connectivity index (χ0) is 71.7. The molecule has 0 fully saturated rings. The molecule has 3 aliphatic carbocycles. The van der Waals surface area contributed by atoms with Crippen molar-refractivity contribution in [3.63, 3.8) is 0 Å². The van der Waals surface area contributed by atoms with Crippen LogP contribution in [0.25, 0.3) is 0 Å². The first-order valence-corrected chi connectivity index (χ1v) is 31.2. The van der Waals surface area contributed by atoms with Crippen LogP contribution in [0, 0.1) is 5.41 Å². The normalized spacial score (nSPS) is 18.5. The van der Waals surface area contributed by atoms with Gasteiger partial charge in [-0.3, -0.25) is 0 Å². The van der Waals surface area contributed by atoms with Crippen molar-refractivity contribution in [3.8, 4) is 0 Å². The van der Waals surface area contributed by atoms with Crippen molar-refractivity contribution in [2.24, 2.45) is 10.4 Å². The summed E-state index contributed by atoms with van der Waals surface area (Å²) in [6.07, 6.45) is -31.3. The maximum atomic E-state index is 14.2. The maximum Gasteiger partial charge on any atom is 0.416 e. The van der Waals surface area contributed by atoms with Gasteiger partial charge in [0.25, 0.3) is 0 Å². The van der Waals surface area contributed by atoms with Gasteiger partial charge in [0.1, 0.15) is 18.8 Å². The van der Waals surface area contributed by atoms with Gasteiger partial charge in [-0.25, -0.2) is 4.99 Å². The monoisotopic (exact) mass is 1610 g/mol. The number of halogens is 24. The van der Waals surface area contributed by atoms with E-state index in [0.717, 1.165) is 31.6 Å². The van der Waals surface area contributed by atoms with E-state index >= 15 is 0 Å². The Kier molecular flexibility index (Phi) is 23.0. The van der Waals surface area contributed by atoms with Gasteiger partial charge >= 0.3 is 49.4 Å². The van der Waals surface area contributed by atoms with Crippen molar-refractivity contribution < 1.29 is 130 Å². The van der Waals surface area contributed by atoms with Crippen LogP contribution in [0.3, 0.4) is 0 Å². The molecule has 0 saturated heterocycles. The van der Waals surface area contributed by atoms with Crippen LogP contribution in [0.15, 0.2) is 216 Å². The summed E-state index contributed by atoms with van der Waals surface area (Å²) in [5.74, 6) is 0.880. The van der Waals surface area contributed by atoms with Crippen molar-refractivity contribution in [1.29, 1.82) is 0 Å². The number of alkyl halides is 24. The van der Waals surface area contributed by atoms with Crippen LogP contribution in [0.5, 0.6) is 0 Å². The molecule has 11 rings (SSSR count). The number of nitrogens with zero attached hydrogens (tertiary/aromatic N) is 1. The molecule has 1 heterocycles. The van der Waals surface area contributed by atoms with Crippen molar-refractivity contribution in [2.45, 2.75) is 107 Å². The third-order valence-electron chi connectivity index (χ3n) is 16.9. The van der Waals surface area contributed by atoms with Crippen LogP contribution >= 0.6 is 7.92 Å². The Labute approximate surface area is 565 Å². The Morgan fingerprint density at radius 2 is 0.626 bits per heavy atom. The van der Waals surface area contributed by atoms with Gasteiger partial charge in [0.15, 0.2) is 0 Å². The minimum absolute atomic E-state index is 0. The SMILES string of the molecule is C1=C(C2=NC(c3ccccc3)CO2)C2(CC1)CCC=C2P(c1ccccc1)c1ccccc1.C1=C\CC/C=C\CC/1.FC(F)(F)c1cc([B-](c2cc(C(F)(F)F)cc(C(F)(F)F)c2)(c2cc(C(F)(F)F)cc(C(F)(F)F)c2)c2cc(C(F)(F)F)cc(C(F)(F)F)c2)cc(C(F)(F)F)c1.[Ir]. The first-order valence-electron chi connectivity index (χ1n) is 29.8. The van der Waals surface area contributed by atoms with Crippen LogP contribution < -0.4 is 32.5 Å². The first-order chi connectivity index (χ1) is 45.6. The molecule has 2 nitrogen and oxygen atoms in total. The summed E-state index contributed by atoms with van der Waals surface area (Å²) in [4.78, 5) is 5.10. The number of rotatable bonds is 9. The van der Waals surface area contributed by atoms with Gasteiger partial charge in [-0.05, 0) is 105 Å². The van der Waals surface area contributed by atoms with Crippen LogP contribution in [0.4, 0.5) is 105 Å². The second kappa shape index (κ2) is 29.6. The predicted molar refractivity (Wildman–Crippen MR) is 326 cm³/mol. The number of aliphatic imine (C=N–C) groups is 1. The summed E-state index contributed by atoms with van der Waals surface area (Å²) in [6, 6.07) is 24.0. The molecule has 7 aromatic rings. The third-order valence-corrected chi connectivity index (χ3v) is 19.7. The summed E-state index contributed by atoms with van der Waals surface area (Å²) in [5, 5.41) is 4.44. The van der Waals surface area contributed by atoms with Gasteiger partial charge in [0.2, 0.25) is 5.90 Å². The van der Waals surface area contributed by atoms with Gasteiger partial charge < -0.3 is 4.74 Å². The summed E-state index contributed by atoms with van der Waals surface area (Å²) in [6.45, 7) is 0.637. The molecule has 4 aliphatic rings. The van der Waals surface area contributed by atoms with Crippen LogP contribution in [-0.4, -0.2) is 18.7 Å². The van der Waals surface area contributed by atoms with E-state index in [-0.39, 0.29) is 31.6 Å². The average molecular weight is 1610 g/mol. The Hall–Kier alpha value is -7.57. The summed E-state index contributed by atoms with van der Waals surface area (Å²) >= 11 is 0. The van der Waals surface area contributed by atoms with E-state index in [2.05, 4.69) is 127 Å². The van der Waals surface area contributed by atoms with Crippen LogP contribution in [0.1, 0.15) is 107 Å². The fourth-order valence-corrected chi connectivity index (χ4v) is 15.4. The van der Waals surface area contributed by atoms with Crippen LogP contribution in [0.2, 0.25) is 0 Å². The van der Waals surface area contributed by atoms with E-state index < -0.39 is 203 Å². The molecule has 0 N–H and O–H groups in total. The van der Waals surface area contributed by atoms with Crippen molar-refractivity contribution in [2.75, 3.05) is 6.61 Å². The molecule has 529 valence electrons. The smallest absolute Gasteiger partial charge is 0.416 e. The molecule has 0 amide bonds. The van der Waals surface area contributed by atoms with Gasteiger partial charge in [0, 0.05) is 31.1 Å². The Morgan fingerprint density at radius 3 is 0.909 bits per heavy atom. The average Bonchev–Trinajstić information content (AvgIpc) is 1.42. The minimum Gasteiger partial charge on any atom is -0.475 e. The fraction of sp³-hybridized carbons (Fsp3) is 0.271. The van der Waals surface area contributed by atoms with E-state index in [9.17, 15) is 105 Å². The van der Waals surface area contributed by atoms with E-state index in [1.165, 1.54) is 47.4 Å². The largest absolute Gasteiger partial charge is 0.475 e. The second-order valence-corrected chi connectivity index (χ2v) is 25.6. The molecule has 2 unspecified atom stereocenters. The molecule has 2 atom stereocenters. The number of hydrogen-bond acceptors (Lipinski definition) is 2. The van der Waals surface area contributed by atoms with E-state index in [1.807, 2.05) is 0 Å². The molecule has 1 spiro atoms. The topological polar surface area (TPSA) is 21.6 Å². The molecular formula is C70H52BF24IrNOP-. The fourth-order valence-electron chi connectivity index (χ4n) is 12.6. The number of ether oxygens (including phenoxy) is 1. The molecule has 7 aromatic carbocycles. The number of benzene rings is 7. The van der Waals surface area contributed by atoms with Gasteiger partial charge in [-0.1, -0.05) is 176 Å². The quantitative estimate of drug-likeness (QED) is 0.0611. The van der Waals surface area contributed by atoms with Crippen molar-refractivity contribution >= 4 is 52.4 Å². The van der Waals surface area contributed by atoms with E-state index in [0.29, 0.717) is 6.61 Å². The van der Waals surface area contributed by atoms with Gasteiger partial charge in [-0.15, -0.1) is 0 Å². The third kappa shape index (κ3) is 17.8. The minimum atomic E-state index is -6.13. The zero-order valence-electron chi connectivity index (χ0n) is 50.8. The molecular weight excluding hydrogens is 1560 g/mol. The summed E-state index contributed by atoms with van der Waals surface area (Å²) in [5.41, 5.74) is -27.6. The second-order valence-electron chi connectivity index (χ2n) is 23.4. The van der Waals surface area contributed by atoms with Crippen LogP contribution in [-0.2, 0) is 74.3 Å². The van der Waals surface area contributed by atoms with E-state index in [4.69, 9.17) is 9.73 Å². The molecule has 1 aliphatic heterocycles. The number of allylic oxidation sites excluding steroid dienone is 7. The Balaban J connectivity index is 0.000000246. The molecule has 0 saturated carbocycles. The Bertz CT molecular complexity index is 3620.